The summed E-state index contributed by atoms with van der Waals surface area (Å²) in [5, 5.41) is 3.43. The summed E-state index contributed by atoms with van der Waals surface area (Å²) < 4.78 is 6.79. The second-order valence-corrected chi connectivity index (χ2v) is 7.00. The van der Waals surface area contributed by atoms with Crippen LogP contribution in [0.25, 0.3) is 0 Å². The Hall–Kier alpha value is -1.64. The zero-order valence-electron chi connectivity index (χ0n) is 14.0. The third-order valence-corrected chi connectivity index (χ3v) is 5.75. The highest BCUT2D eigenvalue weighted by Gasteiger charge is 2.47. The molecule has 1 fully saturated rings. The van der Waals surface area contributed by atoms with Crippen LogP contribution in [0.1, 0.15) is 54.0 Å². The molecule has 0 amide bonds. The van der Waals surface area contributed by atoms with Crippen molar-refractivity contribution in [1.82, 2.24) is 5.32 Å². The molecule has 0 bridgehead atoms. The minimum Gasteiger partial charge on any atom is -0.358 e. The van der Waals surface area contributed by atoms with Crippen molar-refractivity contribution in [3.05, 3.63) is 70.8 Å². The highest BCUT2D eigenvalue weighted by Crippen LogP contribution is 2.53. The minimum atomic E-state index is -0.0864. The first-order chi connectivity index (χ1) is 11.2. The van der Waals surface area contributed by atoms with Gasteiger partial charge in [0.2, 0.25) is 0 Å². The molecule has 0 radical (unpaired) electrons. The van der Waals surface area contributed by atoms with Gasteiger partial charge in [0.1, 0.15) is 6.10 Å². The Morgan fingerprint density at radius 2 is 1.61 bits per heavy atom. The summed E-state index contributed by atoms with van der Waals surface area (Å²) in [6, 6.07) is 18.1. The average molecular weight is 307 g/mol. The Balaban J connectivity index is 1.74. The van der Waals surface area contributed by atoms with Gasteiger partial charge in [-0.1, -0.05) is 48.5 Å². The fourth-order valence-corrected chi connectivity index (χ4v) is 4.37. The van der Waals surface area contributed by atoms with Gasteiger partial charge in [0, 0.05) is 6.04 Å². The molecule has 1 heterocycles. The predicted octanol–water partition coefficient (Wildman–Crippen LogP) is 4.47. The molecule has 2 aromatic rings. The number of benzene rings is 2. The van der Waals surface area contributed by atoms with Crippen molar-refractivity contribution in [3.63, 3.8) is 0 Å². The van der Waals surface area contributed by atoms with Crippen LogP contribution < -0.4 is 5.32 Å². The second-order valence-electron chi connectivity index (χ2n) is 7.00. The summed E-state index contributed by atoms with van der Waals surface area (Å²) in [6.07, 6.45) is 4.67. The minimum absolute atomic E-state index is 0.0820. The smallest absolute Gasteiger partial charge is 0.109 e. The van der Waals surface area contributed by atoms with E-state index in [1.54, 1.807) is 0 Å². The predicted molar refractivity (Wildman–Crippen MR) is 93.5 cm³/mol. The van der Waals surface area contributed by atoms with Gasteiger partial charge in [-0.25, -0.2) is 0 Å². The van der Waals surface area contributed by atoms with Crippen molar-refractivity contribution in [2.24, 2.45) is 0 Å². The summed E-state index contributed by atoms with van der Waals surface area (Å²) in [5.74, 6) is 0. The molecule has 1 spiro atoms. The van der Waals surface area contributed by atoms with E-state index in [1.807, 2.05) is 0 Å². The van der Waals surface area contributed by atoms with Gasteiger partial charge in [-0.15, -0.1) is 0 Å². The molecule has 120 valence electrons. The number of aryl methyl sites for hydroxylation is 1. The molecule has 0 saturated heterocycles. The fourth-order valence-electron chi connectivity index (χ4n) is 4.37. The van der Waals surface area contributed by atoms with Crippen LogP contribution in [0.2, 0.25) is 0 Å². The third kappa shape index (κ3) is 2.41. The lowest BCUT2D eigenvalue weighted by Gasteiger charge is -2.38. The van der Waals surface area contributed by atoms with E-state index >= 15 is 0 Å². The van der Waals surface area contributed by atoms with E-state index in [-0.39, 0.29) is 11.7 Å². The van der Waals surface area contributed by atoms with Crippen LogP contribution in [0.15, 0.2) is 48.5 Å². The van der Waals surface area contributed by atoms with Crippen molar-refractivity contribution in [2.45, 2.75) is 50.4 Å². The maximum Gasteiger partial charge on any atom is 0.109 e. The molecular formula is C21H25NO. The second kappa shape index (κ2) is 5.77. The van der Waals surface area contributed by atoms with Crippen LogP contribution in [0, 0.1) is 6.92 Å². The molecule has 2 aromatic carbocycles. The molecule has 1 atom stereocenters. The number of nitrogens with one attached hydrogen (secondary N) is 1. The average Bonchev–Trinajstić information content (AvgIpc) is 2.91. The van der Waals surface area contributed by atoms with Crippen molar-refractivity contribution < 1.29 is 4.74 Å². The molecule has 0 aromatic heterocycles. The molecule has 0 unspecified atom stereocenters. The van der Waals surface area contributed by atoms with Crippen LogP contribution in [0.3, 0.4) is 0 Å². The number of hydrogen-bond donors (Lipinski definition) is 1. The van der Waals surface area contributed by atoms with Gasteiger partial charge in [0.15, 0.2) is 0 Å². The Morgan fingerprint density at radius 3 is 2.30 bits per heavy atom. The molecule has 1 aliphatic carbocycles. The molecule has 2 nitrogen and oxygen atoms in total. The lowest BCUT2D eigenvalue weighted by atomic mass is 9.77. The Morgan fingerprint density at radius 1 is 0.957 bits per heavy atom. The molecule has 1 aliphatic heterocycles. The molecule has 23 heavy (non-hydrogen) atoms. The van der Waals surface area contributed by atoms with Crippen LogP contribution in [0.5, 0.6) is 0 Å². The van der Waals surface area contributed by atoms with Gasteiger partial charge in [0.25, 0.3) is 0 Å². The van der Waals surface area contributed by atoms with Crippen molar-refractivity contribution in [1.29, 1.82) is 0 Å². The van der Waals surface area contributed by atoms with E-state index in [1.165, 1.54) is 35.1 Å². The number of ether oxygens (including phenoxy) is 1. The van der Waals surface area contributed by atoms with Crippen molar-refractivity contribution in [3.8, 4) is 0 Å². The molecule has 4 rings (SSSR count). The van der Waals surface area contributed by atoms with Gasteiger partial charge >= 0.3 is 0 Å². The topological polar surface area (TPSA) is 21.3 Å². The summed E-state index contributed by atoms with van der Waals surface area (Å²) in [7, 11) is 2.07. The Kier molecular flexibility index (Phi) is 3.74. The standard InChI is InChI=1S/C21H25NO/c1-15-7-3-4-8-17(15)20-18-9-5-6-10-19(18)21(23-20)13-11-16(22-2)12-14-21/h3-10,16,20,22H,11-14H2,1-2H3/t16?,20-,21?/m1/s1. The summed E-state index contributed by atoms with van der Waals surface area (Å²) in [6.45, 7) is 2.18. The van der Waals surface area contributed by atoms with E-state index in [2.05, 4.69) is 67.8 Å². The van der Waals surface area contributed by atoms with Gasteiger partial charge in [-0.05, 0) is 61.9 Å². The molecular weight excluding hydrogens is 282 g/mol. The van der Waals surface area contributed by atoms with Gasteiger partial charge in [-0.2, -0.15) is 0 Å². The lowest BCUT2D eigenvalue weighted by molar-refractivity contribution is -0.0880. The number of rotatable bonds is 2. The summed E-state index contributed by atoms with van der Waals surface area (Å²) in [5.41, 5.74) is 5.32. The summed E-state index contributed by atoms with van der Waals surface area (Å²) >= 11 is 0. The molecule has 2 aliphatic rings. The molecule has 2 heteroatoms. The van der Waals surface area contributed by atoms with Crippen LogP contribution in [0.4, 0.5) is 0 Å². The highest BCUT2D eigenvalue weighted by molar-refractivity contribution is 5.45. The largest absolute Gasteiger partial charge is 0.358 e. The van der Waals surface area contributed by atoms with E-state index < -0.39 is 0 Å². The maximum absolute atomic E-state index is 6.79. The van der Waals surface area contributed by atoms with E-state index in [4.69, 9.17) is 4.74 Å². The van der Waals surface area contributed by atoms with Gasteiger partial charge < -0.3 is 10.1 Å². The van der Waals surface area contributed by atoms with Crippen molar-refractivity contribution in [2.75, 3.05) is 7.05 Å². The van der Waals surface area contributed by atoms with E-state index in [0.29, 0.717) is 6.04 Å². The quantitative estimate of drug-likeness (QED) is 0.883. The van der Waals surface area contributed by atoms with Crippen LogP contribution in [-0.2, 0) is 10.3 Å². The summed E-state index contributed by atoms with van der Waals surface area (Å²) in [4.78, 5) is 0. The monoisotopic (exact) mass is 307 g/mol. The van der Waals surface area contributed by atoms with E-state index in [9.17, 15) is 0 Å². The van der Waals surface area contributed by atoms with Crippen LogP contribution in [-0.4, -0.2) is 13.1 Å². The first-order valence-electron chi connectivity index (χ1n) is 8.73. The molecule has 1 saturated carbocycles. The van der Waals surface area contributed by atoms with Crippen molar-refractivity contribution >= 4 is 0 Å². The Bertz CT molecular complexity index is 700. The first kappa shape index (κ1) is 14.9. The number of fused-ring (bicyclic) bond motifs is 2. The Labute approximate surface area is 138 Å². The first-order valence-corrected chi connectivity index (χ1v) is 8.73. The zero-order chi connectivity index (χ0) is 15.9. The SMILES string of the molecule is CNC1CCC2(CC1)O[C@H](c1ccccc1C)c1ccccc12. The zero-order valence-corrected chi connectivity index (χ0v) is 14.0. The molecule has 1 N–H and O–H groups in total. The van der Waals surface area contributed by atoms with Crippen LogP contribution >= 0.6 is 0 Å². The highest BCUT2D eigenvalue weighted by atomic mass is 16.5. The third-order valence-electron chi connectivity index (χ3n) is 5.75. The van der Waals surface area contributed by atoms with E-state index in [0.717, 1.165) is 12.8 Å². The van der Waals surface area contributed by atoms with Gasteiger partial charge in [-0.3, -0.25) is 0 Å². The van der Waals surface area contributed by atoms with Gasteiger partial charge in [0.05, 0.1) is 5.60 Å². The normalized spacial score (nSPS) is 29.7. The number of hydrogen-bond acceptors (Lipinski definition) is 2. The maximum atomic E-state index is 6.79. The lowest BCUT2D eigenvalue weighted by Crippen LogP contribution is -2.38. The fraction of sp³-hybridized carbons (Fsp3) is 0.429.